The summed E-state index contributed by atoms with van der Waals surface area (Å²) in [6.45, 7) is 7.47. The second kappa shape index (κ2) is 8.73. The number of hydrogen-bond acceptors (Lipinski definition) is 6. The highest BCUT2D eigenvalue weighted by atomic mass is 16.5. The van der Waals surface area contributed by atoms with E-state index >= 15 is 0 Å². The maximum absolute atomic E-state index is 12.5. The number of hydrogen-bond donors (Lipinski definition) is 0. The van der Waals surface area contributed by atoms with Crippen molar-refractivity contribution in [2.45, 2.75) is 20.0 Å². The summed E-state index contributed by atoms with van der Waals surface area (Å²) in [7, 11) is 0. The Morgan fingerprint density at radius 3 is 2.30 bits per heavy atom. The molecule has 2 aromatic carbocycles. The first kappa shape index (κ1) is 21.0. The number of imide groups is 1. The summed E-state index contributed by atoms with van der Waals surface area (Å²) in [4.78, 5) is 50.8. The van der Waals surface area contributed by atoms with Gasteiger partial charge in [-0.2, -0.15) is 0 Å². The Morgan fingerprint density at radius 1 is 1.03 bits per heavy atom. The van der Waals surface area contributed by atoms with Gasteiger partial charge in [0.15, 0.2) is 6.10 Å². The Balaban J connectivity index is 1.72. The number of ether oxygens (including phenoxy) is 2. The fraction of sp³-hybridized carbons (Fsp3) is 0.217. The minimum absolute atomic E-state index is 0.0831. The molecule has 7 nitrogen and oxygen atoms in total. The fourth-order valence-corrected chi connectivity index (χ4v) is 3.11. The van der Waals surface area contributed by atoms with Gasteiger partial charge in [-0.25, -0.2) is 4.79 Å². The Hall–Kier alpha value is -3.74. The van der Waals surface area contributed by atoms with Gasteiger partial charge in [0.25, 0.3) is 11.8 Å². The molecule has 0 unspecified atom stereocenters. The van der Waals surface area contributed by atoms with Gasteiger partial charge in [-0.15, -0.1) is 6.58 Å². The lowest BCUT2D eigenvalue weighted by atomic mass is 10.1. The number of ketones is 1. The number of benzene rings is 2. The fourth-order valence-electron chi connectivity index (χ4n) is 3.11. The van der Waals surface area contributed by atoms with Crippen molar-refractivity contribution in [2.75, 3.05) is 13.2 Å². The van der Waals surface area contributed by atoms with Crippen LogP contribution < -0.4 is 4.74 Å². The summed E-state index contributed by atoms with van der Waals surface area (Å²) in [6.07, 6.45) is 0.420. The third-order valence-corrected chi connectivity index (χ3v) is 4.62. The largest absolute Gasteiger partial charge is 0.494 e. The van der Waals surface area contributed by atoms with E-state index in [0.29, 0.717) is 17.9 Å². The van der Waals surface area contributed by atoms with Gasteiger partial charge in [-0.05, 0) is 56.3 Å². The molecule has 0 aliphatic carbocycles. The highest BCUT2D eigenvalue weighted by molar-refractivity contribution is 6.22. The Morgan fingerprint density at radius 2 is 1.67 bits per heavy atom. The van der Waals surface area contributed by atoms with Crippen LogP contribution in [0.5, 0.6) is 5.75 Å². The molecule has 0 spiro atoms. The first-order chi connectivity index (χ1) is 14.4. The van der Waals surface area contributed by atoms with Gasteiger partial charge in [-0.3, -0.25) is 19.3 Å². The SMILES string of the molecule is C=CCN1C(=O)c2ccc(C(=O)O[C@H](C)C(=O)c3ccc(OCC)cc3)cc2C1=O. The van der Waals surface area contributed by atoms with E-state index in [4.69, 9.17) is 9.47 Å². The molecule has 0 saturated heterocycles. The van der Waals surface area contributed by atoms with E-state index in [0.717, 1.165) is 4.90 Å². The maximum atomic E-state index is 12.5. The van der Waals surface area contributed by atoms with Crippen LogP contribution in [0.25, 0.3) is 0 Å². The molecule has 1 aliphatic rings. The molecule has 2 aromatic rings. The normalized spacial score (nSPS) is 13.6. The van der Waals surface area contributed by atoms with Crippen molar-refractivity contribution >= 4 is 23.6 Å². The number of carbonyl (C=O) groups excluding carboxylic acids is 4. The van der Waals surface area contributed by atoms with E-state index in [-0.39, 0.29) is 29.0 Å². The highest BCUT2D eigenvalue weighted by Crippen LogP contribution is 2.24. The number of rotatable bonds is 8. The predicted octanol–water partition coefficient (Wildman–Crippen LogP) is 3.30. The first-order valence-corrected chi connectivity index (χ1v) is 9.46. The van der Waals surface area contributed by atoms with Crippen molar-refractivity contribution in [1.29, 1.82) is 0 Å². The van der Waals surface area contributed by atoms with Crippen molar-refractivity contribution < 1.29 is 28.7 Å². The minimum atomic E-state index is -1.03. The Labute approximate surface area is 173 Å². The van der Waals surface area contributed by atoms with Gasteiger partial charge in [0.1, 0.15) is 5.75 Å². The molecule has 0 bridgehead atoms. The summed E-state index contributed by atoms with van der Waals surface area (Å²) in [5.74, 6) is -1.42. The average molecular weight is 407 g/mol. The standard InChI is InChI=1S/C23H21NO6/c1-4-12-24-21(26)18-11-8-16(13-19(18)22(24)27)23(28)30-14(3)20(25)15-6-9-17(10-7-15)29-5-2/h4,6-11,13-14H,1,5,12H2,2-3H3/t14-/m1/s1. The molecule has 0 radical (unpaired) electrons. The number of fused-ring (bicyclic) bond motifs is 1. The van der Waals surface area contributed by atoms with Crippen LogP contribution in [0, 0.1) is 0 Å². The second-order valence-electron chi connectivity index (χ2n) is 6.64. The van der Waals surface area contributed by atoms with E-state index in [1.807, 2.05) is 6.92 Å². The van der Waals surface area contributed by atoms with Crippen LogP contribution in [0.15, 0.2) is 55.1 Å². The molecule has 30 heavy (non-hydrogen) atoms. The lowest BCUT2D eigenvalue weighted by Crippen LogP contribution is -2.29. The molecule has 1 atom stereocenters. The van der Waals surface area contributed by atoms with E-state index < -0.39 is 23.9 Å². The number of esters is 1. The molecular weight excluding hydrogens is 386 g/mol. The van der Waals surface area contributed by atoms with Gasteiger partial charge in [0, 0.05) is 12.1 Å². The van der Waals surface area contributed by atoms with Gasteiger partial charge in [0.05, 0.1) is 23.3 Å². The number of nitrogens with zero attached hydrogens (tertiary/aromatic N) is 1. The zero-order chi connectivity index (χ0) is 21.8. The summed E-state index contributed by atoms with van der Waals surface area (Å²) < 4.78 is 10.6. The molecule has 0 N–H and O–H groups in total. The highest BCUT2D eigenvalue weighted by Gasteiger charge is 2.35. The number of amides is 2. The van der Waals surface area contributed by atoms with E-state index in [2.05, 4.69) is 6.58 Å². The van der Waals surface area contributed by atoms with Crippen LogP contribution >= 0.6 is 0 Å². The Bertz CT molecular complexity index is 1020. The molecule has 0 fully saturated rings. The molecule has 0 aromatic heterocycles. The maximum Gasteiger partial charge on any atom is 0.338 e. The average Bonchev–Trinajstić information content (AvgIpc) is 2.98. The van der Waals surface area contributed by atoms with Crippen molar-refractivity contribution in [2.24, 2.45) is 0 Å². The van der Waals surface area contributed by atoms with Crippen LogP contribution in [0.3, 0.4) is 0 Å². The number of carbonyl (C=O) groups is 4. The van der Waals surface area contributed by atoms with E-state index in [1.54, 1.807) is 24.3 Å². The van der Waals surface area contributed by atoms with Gasteiger partial charge in [0.2, 0.25) is 5.78 Å². The molecule has 1 heterocycles. The quantitative estimate of drug-likeness (QED) is 0.289. The summed E-state index contributed by atoms with van der Waals surface area (Å²) in [5.41, 5.74) is 0.814. The second-order valence-corrected chi connectivity index (χ2v) is 6.64. The Kier molecular flexibility index (Phi) is 6.11. The van der Waals surface area contributed by atoms with Crippen molar-refractivity contribution in [3.63, 3.8) is 0 Å². The number of Topliss-reactive ketones (excluding diaryl/α,β-unsaturated/α-hetero) is 1. The van der Waals surface area contributed by atoms with Crippen LogP contribution in [-0.2, 0) is 4.74 Å². The zero-order valence-electron chi connectivity index (χ0n) is 16.7. The molecule has 0 saturated carbocycles. The molecule has 1 aliphatic heterocycles. The van der Waals surface area contributed by atoms with Gasteiger partial charge in [-0.1, -0.05) is 6.08 Å². The third kappa shape index (κ3) is 4.00. The van der Waals surface area contributed by atoms with Crippen molar-refractivity contribution in [3.8, 4) is 5.75 Å². The topological polar surface area (TPSA) is 90.0 Å². The smallest absolute Gasteiger partial charge is 0.338 e. The predicted molar refractivity (Wildman–Crippen MR) is 109 cm³/mol. The van der Waals surface area contributed by atoms with Crippen molar-refractivity contribution in [1.82, 2.24) is 4.90 Å². The molecular formula is C23H21NO6. The summed E-state index contributed by atoms with van der Waals surface area (Å²) in [5, 5.41) is 0. The monoisotopic (exact) mass is 407 g/mol. The zero-order valence-corrected chi connectivity index (χ0v) is 16.7. The first-order valence-electron chi connectivity index (χ1n) is 9.46. The molecule has 3 rings (SSSR count). The minimum Gasteiger partial charge on any atom is -0.494 e. The summed E-state index contributed by atoms with van der Waals surface area (Å²) >= 11 is 0. The van der Waals surface area contributed by atoms with Crippen molar-refractivity contribution in [3.05, 3.63) is 77.4 Å². The van der Waals surface area contributed by atoms with Crippen LogP contribution in [0.4, 0.5) is 0 Å². The molecule has 154 valence electrons. The van der Waals surface area contributed by atoms with Crippen LogP contribution in [0.2, 0.25) is 0 Å². The van der Waals surface area contributed by atoms with Gasteiger partial charge >= 0.3 is 5.97 Å². The molecule has 7 heteroatoms. The van der Waals surface area contributed by atoms with Crippen LogP contribution in [-0.4, -0.2) is 47.7 Å². The molecule has 2 amide bonds. The summed E-state index contributed by atoms with van der Waals surface area (Å²) in [6, 6.07) is 10.7. The third-order valence-electron chi connectivity index (χ3n) is 4.62. The van der Waals surface area contributed by atoms with E-state index in [1.165, 1.54) is 31.2 Å². The van der Waals surface area contributed by atoms with Crippen LogP contribution in [0.1, 0.15) is 55.3 Å². The van der Waals surface area contributed by atoms with E-state index in [9.17, 15) is 19.2 Å². The van der Waals surface area contributed by atoms with Gasteiger partial charge < -0.3 is 9.47 Å². The lowest BCUT2D eigenvalue weighted by Gasteiger charge is -2.13. The lowest BCUT2D eigenvalue weighted by molar-refractivity contribution is 0.0318.